The van der Waals surface area contributed by atoms with E-state index in [2.05, 4.69) is 4.99 Å². The van der Waals surface area contributed by atoms with Gasteiger partial charge in [-0.2, -0.15) is 0 Å². The summed E-state index contributed by atoms with van der Waals surface area (Å²) in [5, 5.41) is 30.2. The second-order valence-electron chi connectivity index (χ2n) is 3.83. The van der Waals surface area contributed by atoms with Crippen molar-refractivity contribution in [1.29, 1.82) is 0 Å². The summed E-state index contributed by atoms with van der Waals surface area (Å²) in [4.78, 5) is 24.3. The summed E-state index contributed by atoms with van der Waals surface area (Å²) in [6.45, 7) is 1.63. The van der Waals surface area contributed by atoms with Gasteiger partial charge >= 0.3 is 65.1 Å². The molecule has 0 aliphatic carbocycles. The molecule has 0 aromatic carbocycles. The summed E-state index contributed by atoms with van der Waals surface area (Å²) in [6.07, 6.45) is -1.82. The van der Waals surface area contributed by atoms with Crippen LogP contribution in [-0.4, -0.2) is 35.2 Å². The van der Waals surface area contributed by atoms with Crippen molar-refractivity contribution in [2.45, 2.75) is 51.2 Å². The predicted octanol–water partition coefficient (Wildman–Crippen LogP) is -6.74. The van der Waals surface area contributed by atoms with Crippen molar-refractivity contribution >= 4 is 17.8 Å². The number of alkyl halides is 1. The average molecular weight is 307 g/mol. The normalized spacial score (nSPS) is 13.6. The van der Waals surface area contributed by atoms with Crippen molar-refractivity contribution in [1.82, 2.24) is 0 Å². The fourth-order valence-electron chi connectivity index (χ4n) is 1.22. The fourth-order valence-corrected chi connectivity index (χ4v) is 1.22. The van der Waals surface area contributed by atoms with Crippen LogP contribution in [0, 0.1) is 0 Å². The third-order valence-electron chi connectivity index (χ3n) is 2.32. The van der Waals surface area contributed by atoms with Crippen LogP contribution in [0.5, 0.6) is 0 Å². The fraction of sp³-hybridized carbons (Fsp3) is 0.727. The topological polar surface area (TPSA) is 113 Å². The molecule has 0 aliphatic heterocycles. The maximum Gasteiger partial charge on any atom is 1.00 e. The molecule has 0 heterocycles. The minimum Gasteiger partial charge on any atom is -0.862 e. The molecule has 104 valence electrons. The molecule has 1 N–H and O–H groups in total. The van der Waals surface area contributed by atoms with E-state index >= 15 is 0 Å². The number of hydrogen-bond acceptors (Lipinski definition) is 5. The summed E-state index contributed by atoms with van der Waals surface area (Å²) in [7, 11) is 0. The second-order valence-corrected chi connectivity index (χ2v) is 3.83. The summed E-state index contributed by atoms with van der Waals surface area (Å²) < 4.78 is 12.8. The van der Waals surface area contributed by atoms with Gasteiger partial charge in [0, 0.05) is 5.97 Å². The molecule has 2 atom stereocenters. The smallest absolute Gasteiger partial charge is 0.862 e. The quantitative estimate of drug-likeness (QED) is 0.258. The van der Waals surface area contributed by atoms with Gasteiger partial charge in [-0.05, 0) is 38.0 Å². The number of hydrogen-bond donors (Lipinski definition) is 1. The van der Waals surface area contributed by atoms with Crippen LogP contribution in [-0.2, 0) is 9.59 Å². The Balaban J connectivity index is -0.00000144. The third kappa shape index (κ3) is 13.3. The molecule has 20 heavy (non-hydrogen) atoms. The van der Waals surface area contributed by atoms with Gasteiger partial charge in [0.2, 0.25) is 0 Å². The second kappa shape index (κ2) is 14.3. The molecule has 0 fully saturated rings. The van der Waals surface area contributed by atoms with Gasteiger partial charge in [-0.1, -0.05) is 6.92 Å². The Morgan fingerprint density at radius 2 is 1.75 bits per heavy atom. The number of halogens is 1. The number of aliphatic imine (C=N–C) groups is 1. The van der Waals surface area contributed by atoms with E-state index < -0.39 is 36.5 Å². The van der Waals surface area contributed by atoms with Gasteiger partial charge in [-0.3, -0.25) is 4.99 Å². The zero-order valence-corrected chi connectivity index (χ0v) is 16.1. The van der Waals surface area contributed by atoms with Crippen LogP contribution in [0.15, 0.2) is 4.99 Å². The minimum absolute atomic E-state index is 0. The Morgan fingerprint density at radius 1 is 1.20 bits per heavy atom. The Kier molecular flexibility index (Phi) is 18.1. The van der Waals surface area contributed by atoms with Crippen LogP contribution in [0.3, 0.4) is 0 Å². The van der Waals surface area contributed by atoms with Crippen molar-refractivity contribution in [2.75, 3.05) is 0 Å². The Bertz CT molecular complexity index is 328. The molecule has 0 amide bonds. The minimum atomic E-state index is -1.41. The van der Waals surface area contributed by atoms with Crippen LogP contribution >= 0.6 is 0 Å². The standard InChI is InChI=1S/C11H18FNO5.2Na/c1-2-7(12)3-5-9(14)13-8(11(17)18)4-6-10(15)16;;/h7-8H,2-6H2,1H3,(H,13,14)(H,15,16)(H,17,18);;/q;2*+1/p-2/t7?,8-;;/m0../s1. The molecular weight excluding hydrogens is 291 g/mol. The van der Waals surface area contributed by atoms with Crippen LogP contribution in [0.25, 0.3) is 0 Å². The van der Waals surface area contributed by atoms with Gasteiger partial charge in [0.1, 0.15) is 12.2 Å². The van der Waals surface area contributed by atoms with Crippen molar-refractivity contribution in [3.8, 4) is 0 Å². The van der Waals surface area contributed by atoms with Crippen LogP contribution < -0.4 is 69.3 Å². The molecule has 0 radical (unpaired) electrons. The van der Waals surface area contributed by atoms with E-state index in [0.717, 1.165) is 0 Å². The van der Waals surface area contributed by atoms with Crippen molar-refractivity contribution in [3.05, 3.63) is 0 Å². The molecule has 0 spiro atoms. The zero-order chi connectivity index (χ0) is 14.1. The summed E-state index contributed by atoms with van der Waals surface area (Å²) in [5.41, 5.74) is 0. The number of aliphatic carboxylic acids is 2. The van der Waals surface area contributed by atoms with Gasteiger partial charge in [0.15, 0.2) is 0 Å². The Hall–Kier alpha value is 0.340. The first-order valence-corrected chi connectivity index (χ1v) is 5.67. The molecule has 1 unspecified atom stereocenters. The van der Waals surface area contributed by atoms with Gasteiger partial charge in [-0.25, -0.2) is 9.18 Å². The molecule has 0 aliphatic rings. The van der Waals surface area contributed by atoms with Gasteiger partial charge in [0.25, 0.3) is 0 Å². The zero-order valence-electron chi connectivity index (χ0n) is 12.1. The number of carbonyl (C=O) groups excluding carboxylic acids is 1. The van der Waals surface area contributed by atoms with Gasteiger partial charge in [-0.15, -0.1) is 0 Å². The number of rotatable bonds is 9. The number of nitrogens with zero attached hydrogens (tertiary/aromatic N) is 1. The maximum atomic E-state index is 12.8. The predicted molar refractivity (Wildman–Crippen MR) is 57.5 cm³/mol. The van der Waals surface area contributed by atoms with E-state index in [0.29, 0.717) is 0 Å². The van der Waals surface area contributed by atoms with E-state index in [1.54, 1.807) is 6.92 Å². The Morgan fingerprint density at radius 3 is 2.15 bits per heavy atom. The molecule has 0 aromatic heterocycles. The van der Waals surface area contributed by atoms with Crippen molar-refractivity contribution < 1.29 is 88.4 Å². The maximum absolute atomic E-state index is 12.8. The van der Waals surface area contributed by atoms with Crippen LogP contribution in [0.2, 0.25) is 0 Å². The van der Waals surface area contributed by atoms with Crippen LogP contribution in [0.1, 0.15) is 39.0 Å². The first-order chi connectivity index (χ1) is 8.36. The third-order valence-corrected chi connectivity index (χ3v) is 2.32. The largest absolute Gasteiger partial charge is 1.00 e. The van der Waals surface area contributed by atoms with E-state index in [1.807, 2.05) is 0 Å². The van der Waals surface area contributed by atoms with E-state index in [-0.39, 0.29) is 84.8 Å². The van der Waals surface area contributed by atoms with Gasteiger partial charge < -0.3 is 20.1 Å². The van der Waals surface area contributed by atoms with Gasteiger partial charge in [0.05, 0.1) is 0 Å². The SMILES string of the molecule is CCC(F)CCC([O-])=N[C@@H](CCC(=O)[O-])C(=O)O.[Na+].[Na+]. The summed E-state index contributed by atoms with van der Waals surface area (Å²) in [6, 6.07) is -1.41. The summed E-state index contributed by atoms with van der Waals surface area (Å²) in [5.74, 6) is -3.51. The number of carbonyl (C=O) groups is 2. The molecule has 0 rings (SSSR count). The van der Waals surface area contributed by atoms with Crippen LogP contribution in [0.4, 0.5) is 4.39 Å². The molecule has 0 saturated heterocycles. The van der Waals surface area contributed by atoms with Crippen molar-refractivity contribution in [3.63, 3.8) is 0 Å². The monoisotopic (exact) mass is 307 g/mol. The molecule has 0 aromatic rings. The molecule has 0 bridgehead atoms. The molecule has 9 heteroatoms. The van der Waals surface area contributed by atoms with E-state index in [9.17, 15) is 24.2 Å². The average Bonchev–Trinajstić information content (AvgIpc) is 2.30. The molecule has 6 nitrogen and oxygen atoms in total. The number of carboxylic acid groups (broad SMARTS) is 2. The summed E-state index contributed by atoms with van der Waals surface area (Å²) >= 11 is 0. The number of carboxylic acids is 2. The first kappa shape index (κ1) is 25.3. The molecule has 0 saturated carbocycles. The molecular formula is C11H16FNNa2O5. The van der Waals surface area contributed by atoms with Crippen molar-refractivity contribution in [2.24, 2.45) is 4.99 Å². The van der Waals surface area contributed by atoms with E-state index in [4.69, 9.17) is 5.11 Å². The Labute approximate surface area is 161 Å². The first-order valence-electron chi connectivity index (χ1n) is 5.67. The van der Waals surface area contributed by atoms with E-state index in [1.165, 1.54) is 0 Å².